The van der Waals surface area contributed by atoms with Crippen LogP contribution in [-0.4, -0.2) is 83.9 Å². The van der Waals surface area contributed by atoms with Crippen LogP contribution in [0.4, 0.5) is 4.79 Å². The average molecular weight is 349 g/mol. The number of hydrogen-bond donors (Lipinski definition) is 2. The summed E-state index contributed by atoms with van der Waals surface area (Å²) < 4.78 is 7.59. The van der Waals surface area contributed by atoms with Crippen LogP contribution >= 0.6 is 0 Å². The molecule has 1 atom stereocenters. The van der Waals surface area contributed by atoms with Gasteiger partial charge in [-0.25, -0.2) is 4.79 Å². The summed E-state index contributed by atoms with van der Waals surface area (Å²) in [4.78, 5) is 30.7. The van der Waals surface area contributed by atoms with Crippen LogP contribution in [0.15, 0.2) is 17.4 Å². The van der Waals surface area contributed by atoms with Crippen molar-refractivity contribution in [2.45, 2.75) is 6.10 Å². The van der Waals surface area contributed by atoms with Gasteiger partial charge in [-0.1, -0.05) is 0 Å². The van der Waals surface area contributed by atoms with Crippen molar-refractivity contribution in [3.63, 3.8) is 0 Å². The minimum absolute atomic E-state index is 0.0630. The van der Waals surface area contributed by atoms with Gasteiger partial charge in [-0.2, -0.15) is 5.10 Å². The van der Waals surface area contributed by atoms with Crippen molar-refractivity contribution in [1.29, 1.82) is 0 Å². The van der Waals surface area contributed by atoms with Crippen molar-refractivity contribution in [3.8, 4) is 0 Å². The first-order valence-corrected chi connectivity index (χ1v) is 8.22. The predicted molar refractivity (Wildman–Crippen MR) is 89.9 cm³/mol. The molecule has 2 N–H and O–H groups in total. The van der Waals surface area contributed by atoms with Gasteiger partial charge in [-0.3, -0.25) is 19.4 Å². The maximum atomic E-state index is 11.6. The summed E-state index contributed by atoms with van der Waals surface area (Å²) >= 11 is 0. The van der Waals surface area contributed by atoms with Gasteiger partial charge in [0.05, 0.1) is 25.9 Å². The number of nitrogens with zero attached hydrogens (tertiary/aromatic N) is 5. The number of aliphatic imine (C=N–C) groups is 1. The van der Waals surface area contributed by atoms with Crippen LogP contribution in [0, 0.1) is 0 Å². The van der Waals surface area contributed by atoms with E-state index in [9.17, 15) is 9.59 Å². The summed E-state index contributed by atoms with van der Waals surface area (Å²) in [5.74, 6) is 0.522. The smallest absolute Gasteiger partial charge is 0.324 e. The topological polar surface area (TPSA) is 104 Å². The summed E-state index contributed by atoms with van der Waals surface area (Å²) in [5.41, 5.74) is 1.03. The average Bonchev–Trinajstić information content (AvgIpc) is 3.19. The molecule has 1 aromatic rings. The molecule has 0 bridgehead atoms. The van der Waals surface area contributed by atoms with Crippen molar-refractivity contribution in [3.05, 3.63) is 18.0 Å². The number of guanidine groups is 1. The predicted octanol–water partition coefficient (Wildman–Crippen LogP) is -1.08. The molecule has 1 unspecified atom stereocenters. The highest BCUT2D eigenvalue weighted by Crippen LogP contribution is 2.21. The Balaban J connectivity index is 1.53. The molecule has 0 spiro atoms. The van der Waals surface area contributed by atoms with Gasteiger partial charge < -0.3 is 20.3 Å². The largest absolute Gasteiger partial charge is 0.370 e. The third-order valence-electron chi connectivity index (χ3n) is 4.23. The molecule has 136 valence electrons. The van der Waals surface area contributed by atoms with Crippen molar-refractivity contribution < 1.29 is 14.3 Å². The number of carbonyl (C=O) groups is 2. The van der Waals surface area contributed by atoms with E-state index in [-0.39, 0.29) is 24.6 Å². The second-order valence-electron chi connectivity index (χ2n) is 5.93. The lowest BCUT2D eigenvalue weighted by Crippen LogP contribution is -2.49. The van der Waals surface area contributed by atoms with Crippen LogP contribution in [0.25, 0.3) is 0 Å². The Bertz CT molecular complexity index is 656. The summed E-state index contributed by atoms with van der Waals surface area (Å²) in [6, 6.07) is -0.343. The molecule has 2 saturated heterocycles. The number of hydrogen-bond acceptors (Lipinski definition) is 5. The number of imide groups is 1. The molecule has 0 aromatic carbocycles. The first-order chi connectivity index (χ1) is 12.1. The maximum Gasteiger partial charge on any atom is 0.324 e. The summed E-state index contributed by atoms with van der Waals surface area (Å²) in [6.07, 6.45) is 3.69. The second-order valence-corrected chi connectivity index (χ2v) is 5.93. The van der Waals surface area contributed by atoms with Crippen molar-refractivity contribution in [1.82, 2.24) is 30.2 Å². The number of urea groups is 1. The van der Waals surface area contributed by atoms with E-state index in [2.05, 4.69) is 25.6 Å². The minimum atomic E-state index is -0.343. The Labute approximate surface area is 145 Å². The zero-order valence-corrected chi connectivity index (χ0v) is 14.4. The van der Waals surface area contributed by atoms with Gasteiger partial charge in [0.25, 0.3) is 0 Å². The van der Waals surface area contributed by atoms with Crippen LogP contribution in [0.1, 0.15) is 11.7 Å². The Hall–Kier alpha value is -2.62. The Kier molecular flexibility index (Phi) is 5.17. The number of carbonyl (C=O) groups excluding carboxylic acids is 2. The highest BCUT2D eigenvalue weighted by Gasteiger charge is 2.28. The van der Waals surface area contributed by atoms with Gasteiger partial charge in [-0.05, 0) is 0 Å². The van der Waals surface area contributed by atoms with Crippen molar-refractivity contribution >= 4 is 17.9 Å². The van der Waals surface area contributed by atoms with Crippen LogP contribution in [-0.2, 0) is 16.6 Å². The highest BCUT2D eigenvalue weighted by molar-refractivity contribution is 6.01. The Morgan fingerprint density at radius 1 is 1.52 bits per heavy atom. The fourth-order valence-electron chi connectivity index (χ4n) is 2.94. The zero-order chi connectivity index (χ0) is 17.8. The van der Waals surface area contributed by atoms with Gasteiger partial charge in [0, 0.05) is 45.5 Å². The summed E-state index contributed by atoms with van der Waals surface area (Å²) in [5, 5.41) is 9.90. The standard InChI is InChI=1S/C15H23N7O3/c1-16-14(17-3-4-22-13(23)8-18-15(22)24)21-5-6-25-12(10-21)11-7-19-20(2)9-11/h7,9,12H,3-6,8,10H2,1-2H3,(H,16,17)(H,18,24). The van der Waals surface area contributed by atoms with Crippen molar-refractivity contribution in [2.75, 3.05) is 46.4 Å². The maximum absolute atomic E-state index is 11.6. The van der Waals surface area contributed by atoms with E-state index >= 15 is 0 Å². The molecule has 10 nitrogen and oxygen atoms in total. The Morgan fingerprint density at radius 3 is 3.00 bits per heavy atom. The number of aryl methyl sites for hydroxylation is 1. The van der Waals surface area contributed by atoms with E-state index in [1.165, 1.54) is 4.90 Å². The van der Waals surface area contributed by atoms with Gasteiger partial charge in [0.15, 0.2) is 5.96 Å². The van der Waals surface area contributed by atoms with Gasteiger partial charge in [0.1, 0.15) is 6.10 Å². The highest BCUT2D eigenvalue weighted by atomic mass is 16.5. The second kappa shape index (κ2) is 7.51. The van der Waals surface area contributed by atoms with E-state index < -0.39 is 0 Å². The van der Waals surface area contributed by atoms with E-state index in [1.807, 2.05) is 19.4 Å². The normalized spacial score (nSPS) is 21.7. The van der Waals surface area contributed by atoms with E-state index in [1.54, 1.807) is 11.7 Å². The molecule has 2 aliphatic heterocycles. The number of amides is 3. The quantitative estimate of drug-likeness (QED) is 0.407. The lowest BCUT2D eigenvalue weighted by molar-refractivity contribution is -0.124. The summed E-state index contributed by atoms with van der Waals surface area (Å²) in [7, 11) is 3.59. The van der Waals surface area contributed by atoms with E-state index in [0.29, 0.717) is 26.2 Å². The number of nitrogens with one attached hydrogen (secondary N) is 2. The molecule has 2 aliphatic rings. The molecule has 10 heteroatoms. The first kappa shape index (κ1) is 17.2. The van der Waals surface area contributed by atoms with Gasteiger partial charge in [-0.15, -0.1) is 0 Å². The van der Waals surface area contributed by atoms with Crippen molar-refractivity contribution in [2.24, 2.45) is 12.0 Å². The SMILES string of the molecule is CN=C(NCCN1C(=O)CNC1=O)N1CCOC(c2cnn(C)c2)C1. The molecule has 3 amide bonds. The third kappa shape index (κ3) is 3.90. The Morgan fingerprint density at radius 2 is 2.36 bits per heavy atom. The molecular formula is C15H23N7O3. The molecule has 0 saturated carbocycles. The molecule has 2 fully saturated rings. The third-order valence-corrected chi connectivity index (χ3v) is 4.23. The molecule has 0 aliphatic carbocycles. The van der Waals surface area contributed by atoms with Crippen LogP contribution in [0.3, 0.4) is 0 Å². The van der Waals surface area contributed by atoms with Gasteiger partial charge in [0.2, 0.25) is 5.91 Å². The molecule has 3 heterocycles. The fourth-order valence-corrected chi connectivity index (χ4v) is 2.94. The summed E-state index contributed by atoms with van der Waals surface area (Å²) in [6.45, 7) is 2.80. The zero-order valence-electron chi connectivity index (χ0n) is 14.4. The molecule has 3 rings (SSSR count). The number of rotatable bonds is 4. The fraction of sp³-hybridized carbons (Fsp3) is 0.600. The molecule has 25 heavy (non-hydrogen) atoms. The number of morpholine rings is 1. The lowest BCUT2D eigenvalue weighted by Gasteiger charge is -2.34. The van der Waals surface area contributed by atoms with Crippen LogP contribution in [0.2, 0.25) is 0 Å². The molecular weight excluding hydrogens is 326 g/mol. The lowest BCUT2D eigenvalue weighted by atomic mass is 10.1. The monoisotopic (exact) mass is 349 g/mol. The minimum Gasteiger partial charge on any atom is -0.370 e. The first-order valence-electron chi connectivity index (χ1n) is 8.22. The number of ether oxygens (including phenoxy) is 1. The van der Waals surface area contributed by atoms with Crippen LogP contribution < -0.4 is 10.6 Å². The van der Waals surface area contributed by atoms with Crippen LogP contribution in [0.5, 0.6) is 0 Å². The number of aromatic nitrogens is 2. The molecule has 1 aromatic heterocycles. The van der Waals surface area contributed by atoms with Gasteiger partial charge >= 0.3 is 6.03 Å². The van der Waals surface area contributed by atoms with E-state index in [0.717, 1.165) is 18.1 Å². The van der Waals surface area contributed by atoms with E-state index in [4.69, 9.17) is 4.74 Å². The molecule has 0 radical (unpaired) electrons.